The maximum Gasteiger partial charge on any atom is 0.304 e. The predicted octanol–water partition coefficient (Wildman–Crippen LogP) is 4.52. The fourth-order valence-electron chi connectivity index (χ4n) is 3.53. The number of allylic oxidation sites excluding steroid dienone is 2. The molecule has 1 saturated carbocycles. The van der Waals surface area contributed by atoms with Crippen LogP contribution in [0.25, 0.3) is 5.70 Å². The molecule has 0 radical (unpaired) electrons. The van der Waals surface area contributed by atoms with E-state index < -0.39 is 5.97 Å². The molecule has 1 aliphatic carbocycles. The highest BCUT2D eigenvalue weighted by atomic mass is 16.4. The van der Waals surface area contributed by atoms with Crippen molar-refractivity contribution in [3.8, 4) is 0 Å². The number of nitrogens with one attached hydrogen (secondary N) is 1. The van der Waals surface area contributed by atoms with E-state index in [1.165, 1.54) is 44.3 Å². The molecule has 1 aromatic rings. The van der Waals surface area contributed by atoms with Crippen LogP contribution in [0.15, 0.2) is 42.3 Å². The summed E-state index contributed by atoms with van der Waals surface area (Å²) in [4.78, 5) is 10.4. The molecule has 7 N–H and O–H groups in total. The summed E-state index contributed by atoms with van der Waals surface area (Å²) in [5.41, 5.74) is 13.8. The second-order valence-electron chi connectivity index (χ2n) is 8.94. The van der Waals surface area contributed by atoms with E-state index >= 15 is 0 Å². The van der Waals surface area contributed by atoms with Crippen LogP contribution >= 0.6 is 0 Å². The van der Waals surface area contributed by atoms with Crippen LogP contribution in [-0.2, 0) is 11.3 Å². The lowest BCUT2D eigenvalue weighted by Gasteiger charge is -2.33. The second kappa shape index (κ2) is 13.0. The van der Waals surface area contributed by atoms with Gasteiger partial charge in [-0.3, -0.25) is 4.79 Å². The quantitative estimate of drug-likeness (QED) is 0.253. The van der Waals surface area contributed by atoms with Crippen molar-refractivity contribution in [2.75, 3.05) is 6.54 Å². The van der Waals surface area contributed by atoms with Crippen LogP contribution in [0.1, 0.15) is 70.4 Å². The number of carbonyl (C=O) groups is 1. The summed E-state index contributed by atoms with van der Waals surface area (Å²) in [5, 5.41) is 20.4. The largest absolute Gasteiger partial charge is 0.495 e. The standard InChI is InChI=1S/C14H19N3O3.C10H20/c15-12(4-5-13(16)18)11-3-1-2-10(8-11)9-17-7-6-14(19)20;1-10(2,3)9-7-5-4-6-8-9/h1-5,8,17-18H,6-7,9,15-16H2,(H,19,20);9H,4-8H2,1-3H3/b12-4-,13-5+;. The Labute approximate surface area is 181 Å². The van der Waals surface area contributed by atoms with Crippen LogP contribution in [0.5, 0.6) is 0 Å². The molecule has 0 heterocycles. The van der Waals surface area contributed by atoms with Gasteiger partial charge in [0.25, 0.3) is 0 Å². The Hall–Kier alpha value is -2.47. The number of aliphatic carboxylic acids is 1. The predicted molar refractivity (Wildman–Crippen MR) is 123 cm³/mol. The van der Waals surface area contributed by atoms with Gasteiger partial charge in [0.2, 0.25) is 0 Å². The number of aliphatic hydroxyl groups is 1. The van der Waals surface area contributed by atoms with Crippen molar-refractivity contribution in [1.82, 2.24) is 5.32 Å². The molecule has 1 aliphatic rings. The summed E-state index contributed by atoms with van der Waals surface area (Å²) in [6.45, 7) is 8.11. The number of carboxylic acids is 1. The van der Waals surface area contributed by atoms with Gasteiger partial charge in [-0.2, -0.15) is 0 Å². The molecule has 1 fully saturated rings. The minimum atomic E-state index is -0.827. The molecule has 0 aliphatic heterocycles. The van der Waals surface area contributed by atoms with Crippen molar-refractivity contribution in [2.45, 2.75) is 65.8 Å². The third kappa shape index (κ3) is 10.9. The smallest absolute Gasteiger partial charge is 0.304 e. The Bertz CT molecular complexity index is 711. The average Bonchev–Trinajstić information content (AvgIpc) is 2.70. The first-order valence-electron chi connectivity index (χ1n) is 10.7. The van der Waals surface area contributed by atoms with Gasteiger partial charge in [0.05, 0.1) is 6.42 Å². The van der Waals surface area contributed by atoms with Gasteiger partial charge in [0.15, 0.2) is 5.88 Å². The summed E-state index contributed by atoms with van der Waals surface area (Å²) < 4.78 is 0. The lowest BCUT2D eigenvalue weighted by molar-refractivity contribution is -0.136. The zero-order valence-electron chi connectivity index (χ0n) is 18.7. The molecule has 0 spiro atoms. The fraction of sp³-hybridized carbons (Fsp3) is 0.542. The van der Waals surface area contributed by atoms with E-state index in [0.717, 1.165) is 17.0 Å². The summed E-state index contributed by atoms with van der Waals surface area (Å²) in [5.74, 6) is -0.132. The third-order valence-corrected chi connectivity index (χ3v) is 5.37. The summed E-state index contributed by atoms with van der Waals surface area (Å²) in [7, 11) is 0. The van der Waals surface area contributed by atoms with E-state index in [1.54, 1.807) is 0 Å². The van der Waals surface area contributed by atoms with Crippen LogP contribution < -0.4 is 16.8 Å². The molecule has 0 saturated heterocycles. The highest BCUT2D eigenvalue weighted by molar-refractivity contribution is 5.67. The van der Waals surface area contributed by atoms with Gasteiger partial charge < -0.3 is 27.0 Å². The number of hydrogen-bond acceptors (Lipinski definition) is 5. The van der Waals surface area contributed by atoms with Gasteiger partial charge in [-0.25, -0.2) is 0 Å². The van der Waals surface area contributed by atoms with Gasteiger partial charge in [0.1, 0.15) is 0 Å². The maximum atomic E-state index is 10.4. The number of hydrogen-bond donors (Lipinski definition) is 5. The molecule has 6 heteroatoms. The fourth-order valence-corrected chi connectivity index (χ4v) is 3.53. The van der Waals surface area contributed by atoms with Crippen molar-refractivity contribution in [1.29, 1.82) is 0 Å². The molecule has 1 aromatic carbocycles. The van der Waals surface area contributed by atoms with Gasteiger partial charge in [-0.1, -0.05) is 58.2 Å². The van der Waals surface area contributed by atoms with Gasteiger partial charge in [-0.15, -0.1) is 0 Å². The van der Waals surface area contributed by atoms with E-state index in [0.29, 0.717) is 24.2 Å². The molecule has 0 unspecified atom stereocenters. The Balaban J connectivity index is 0.000000375. The molecule has 0 atom stereocenters. The maximum absolute atomic E-state index is 10.4. The first-order valence-corrected chi connectivity index (χ1v) is 10.7. The first-order chi connectivity index (χ1) is 14.1. The van der Waals surface area contributed by atoms with E-state index in [-0.39, 0.29) is 12.3 Å². The van der Waals surface area contributed by atoms with Crippen LogP contribution in [0.2, 0.25) is 0 Å². The minimum Gasteiger partial charge on any atom is -0.495 e. The normalized spacial score (nSPS) is 16.0. The number of carboxylic acid groups (broad SMARTS) is 1. The summed E-state index contributed by atoms with van der Waals surface area (Å²) in [6.07, 6.45) is 10.3. The summed E-state index contributed by atoms with van der Waals surface area (Å²) >= 11 is 0. The van der Waals surface area contributed by atoms with Crippen LogP contribution in [0.4, 0.5) is 0 Å². The molecule has 6 nitrogen and oxygen atoms in total. The number of aliphatic hydroxyl groups excluding tert-OH is 1. The number of rotatable bonds is 7. The Morgan fingerprint density at radius 1 is 1.13 bits per heavy atom. The molecule has 0 bridgehead atoms. The van der Waals surface area contributed by atoms with E-state index in [2.05, 4.69) is 26.1 Å². The third-order valence-electron chi connectivity index (χ3n) is 5.37. The number of nitrogens with two attached hydrogens (primary N) is 2. The van der Waals surface area contributed by atoms with Crippen molar-refractivity contribution in [3.63, 3.8) is 0 Å². The van der Waals surface area contributed by atoms with Crippen molar-refractivity contribution in [2.24, 2.45) is 22.8 Å². The lowest BCUT2D eigenvalue weighted by Crippen LogP contribution is -2.22. The topological polar surface area (TPSA) is 122 Å². The number of benzene rings is 1. The van der Waals surface area contributed by atoms with Crippen molar-refractivity contribution >= 4 is 11.7 Å². The average molecular weight is 418 g/mol. The Kier molecular flexibility index (Phi) is 11.0. The van der Waals surface area contributed by atoms with Crippen LogP contribution in [0, 0.1) is 11.3 Å². The SMILES string of the molecule is CC(C)(C)C1CCCCC1.N/C(=C\C=C(/N)O)c1cccc(CNCCC(=O)O)c1. The molecular formula is C24H39N3O3. The van der Waals surface area contributed by atoms with Gasteiger partial charge >= 0.3 is 5.97 Å². The Morgan fingerprint density at radius 2 is 1.80 bits per heavy atom. The summed E-state index contributed by atoms with van der Waals surface area (Å²) in [6, 6.07) is 7.51. The molecule has 30 heavy (non-hydrogen) atoms. The molecule has 2 rings (SSSR count). The molecule has 0 amide bonds. The van der Waals surface area contributed by atoms with Crippen LogP contribution in [0.3, 0.4) is 0 Å². The first kappa shape index (κ1) is 25.6. The highest BCUT2D eigenvalue weighted by Gasteiger charge is 2.25. The van der Waals surface area contributed by atoms with Crippen molar-refractivity contribution in [3.05, 3.63) is 53.4 Å². The zero-order valence-corrected chi connectivity index (χ0v) is 18.7. The van der Waals surface area contributed by atoms with E-state index in [1.807, 2.05) is 24.3 Å². The van der Waals surface area contributed by atoms with E-state index in [4.69, 9.17) is 21.7 Å². The monoisotopic (exact) mass is 417 g/mol. The highest BCUT2D eigenvalue weighted by Crippen LogP contribution is 2.37. The van der Waals surface area contributed by atoms with Gasteiger partial charge in [0, 0.05) is 18.8 Å². The van der Waals surface area contributed by atoms with Crippen molar-refractivity contribution < 1.29 is 15.0 Å². The van der Waals surface area contributed by atoms with Gasteiger partial charge in [-0.05, 0) is 53.5 Å². The molecule has 168 valence electrons. The molecular weight excluding hydrogens is 378 g/mol. The van der Waals surface area contributed by atoms with Crippen LogP contribution in [-0.4, -0.2) is 22.7 Å². The second-order valence-corrected chi connectivity index (χ2v) is 8.94. The van der Waals surface area contributed by atoms with E-state index in [9.17, 15) is 4.79 Å². The zero-order chi connectivity index (χ0) is 22.6. The minimum absolute atomic E-state index is 0.0856. The Morgan fingerprint density at radius 3 is 2.33 bits per heavy atom. The molecule has 0 aromatic heterocycles. The lowest BCUT2D eigenvalue weighted by atomic mass is 9.72.